The molecule has 1 atom stereocenters. The molecular formula is C31H24F4N4O5. The van der Waals surface area contributed by atoms with Gasteiger partial charge in [0.2, 0.25) is 11.8 Å². The van der Waals surface area contributed by atoms with Crippen LogP contribution in [-0.2, 0) is 9.59 Å². The Morgan fingerprint density at radius 2 is 1.34 bits per heavy atom. The topological polar surface area (TPSA) is 107 Å². The minimum absolute atomic E-state index is 0.00314. The molecule has 5 amide bonds. The van der Waals surface area contributed by atoms with E-state index in [1.54, 1.807) is 4.90 Å². The first-order valence-electron chi connectivity index (χ1n) is 13.8. The van der Waals surface area contributed by atoms with Crippen LogP contribution in [0.2, 0.25) is 0 Å². The lowest BCUT2D eigenvalue weighted by molar-refractivity contribution is -0.136. The zero-order chi connectivity index (χ0) is 31.3. The Morgan fingerprint density at radius 3 is 1.91 bits per heavy atom. The van der Waals surface area contributed by atoms with Crippen molar-refractivity contribution in [2.45, 2.75) is 24.9 Å². The van der Waals surface area contributed by atoms with Crippen LogP contribution in [0.3, 0.4) is 0 Å². The summed E-state index contributed by atoms with van der Waals surface area (Å²) >= 11 is 0. The summed E-state index contributed by atoms with van der Waals surface area (Å²) < 4.78 is 57.2. The third-order valence-corrected chi connectivity index (χ3v) is 8.17. The number of carbonyl (C=O) groups is 5. The van der Waals surface area contributed by atoms with E-state index in [4.69, 9.17) is 0 Å². The SMILES string of the molecule is O=C1CCC(N2C(=O)c3ccc(C(=O)N4CCN(C(c5ccc(F)cc5F)c5ccc(F)cc5F)CC4)cc3C2=O)C(=O)N1. The van der Waals surface area contributed by atoms with Gasteiger partial charge in [0.15, 0.2) is 0 Å². The molecule has 0 saturated carbocycles. The van der Waals surface area contributed by atoms with E-state index in [1.165, 1.54) is 35.2 Å². The summed E-state index contributed by atoms with van der Waals surface area (Å²) in [4.78, 5) is 67.4. The molecule has 0 spiro atoms. The maximum Gasteiger partial charge on any atom is 0.262 e. The number of hydrogen-bond acceptors (Lipinski definition) is 6. The number of fused-ring (bicyclic) bond motifs is 1. The summed E-state index contributed by atoms with van der Waals surface area (Å²) in [5.74, 6) is -6.56. The molecule has 2 saturated heterocycles. The van der Waals surface area contributed by atoms with E-state index in [2.05, 4.69) is 5.32 Å². The number of piperidine rings is 1. The Bertz CT molecular complexity index is 1690. The van der Waals surface area contributed by atoms with Gasteiger partial charge in [0.25, 0.3) is 17.7 Å². The molecule has 0 radical (unpaired) electrons. The van der Waals surface area contributed by atoms with Gasteiger partial charge >= 0.3 is 0 Å². The van der Waals surface area contributed by atoms with E-state index in [1.807, 2.05) is 0 Å². The predicted molar refractivity (Wildman–Crippen MR) is 145 cm³/mol. The lowest BCUT2D eigenvalue weighted by atomic mass is 9.95. The lowest BCUT2D eigenvalue weighted by Crippen LogP contribution is -2.54. The second kappa shape index (κ2) is 11.3. The van der Waals surface area contributed by atoms with E-state index < -0.39 is 64.9 Å². The molecule has 6 rings (SSSR count). The fraction of sp³-hybridized carbons (Fsp3) is 0.258. The monoisotopic (exact) mass is 608 g/mol. The normalized spacial score (nSPS) is 19.1. The summed E-state index contributed by atoms with van der Waals surface area (Å²) in [5, 5.41) is 2.13. The van der Waals surface area contributed by atoms with E-state index in [9.17, 15) is 41.5 Å². The Kier molecular flexibility index (Phi) is 7.49. The summed E-state index contributed by atoms with van der Waals surface area (Å²) in [5.41, 5.74) is 0.0849. The van der Waals surface area contributed by atoms with Crippen LogP contribution in [0.25, 0.3) is 0 Å². The van der Waals surface area contributed by atoms with Crippen molar-refractivity contribution in [2.24, 2.45) is 0 Å². The number of piperazine rings is 1. The van der Waals surface area contributed by atoms with Gasteiger partial charge in [0, 0.05) is 61.4 Å². The lowest BCUT2D eigenvalue weighted by Gasteiger charge is -2.40. The number of nitrogens with zero attached hydrogens (tertiary/aromatic N) is 3. The molecule has 3 aromatic carbocycles. The van der Waals surface area contributed by atoms with Gasteiger partial charge in [-0.05, 0) is 36.8 Å². The maximum atomic E-state index is 14.9. The third kappa shape index (κ3) is 5.12. The van der Waals surface area contributed by atoms with Crippen molar-refractivity contribution < 1.29 is 41.5 Å². The molecule has 1 N–H and O–H groups in total. The maximum absolute atomic E-state index is 14.9. The largest absolute Gasteiger partial charge is 0.336 e. The van der Waals surface area contributed by atoms with Gasteiger partial charge in [0.05, 0.1) is 17.2 Å². The van der Waals surface area contributed by atoms with Gasteiger partial charge < -0.3 is 4.90 Å². The summed E-state index contributed by atoms with van der Waals surface area (Å²) in [7, 11) is 0. The molecule has 0 aromatic heterocycles. The number of carbonyl (C=O) groups excluding carboxylic acids is 5. The Balaban J connectivity index is 1.20. The number of amides is 5. The van der Waals surface area contributed by atoms with Crippen LogP contribution in [0.1, 0.15) is 61.1 Å². The van der Waals surface area contributed by atoms with Crippen molar-refractivity contribution >= 4 is 29.5 Å². The van der Waals surface area contributed by atoms with Gasteiger partial charge in [-0.1, -0.05) is 12.1 Å². The number of rotatable bonds is 5. The average molecular weight is 609 g/mol. The van der Waals surface area contributed by atoms with Crippen LogP contribution < -0.4 is 5.32 Å². The Hall–Kier alpha value is -4.91. The van der Waals surface area contributed by atoms with Crippen molar-refractivity contribution in [3.05, 3.63) is 106 Å². The molecule has 13 heteroatoms. The Morgan fingerprint density at radius 1 is 0.750 bits per heavy atom. The van der Waals surface area contributed by atoms with Gasteiger partial charge in [-0.15, -0.1) is 0 Å². The summed E-state index contributed by atoms with van der Waals surface area (Å²) in [6, 6.07) is 7.74. The molecule has 0 aliphatic carbocycles. The molecule has 3 heterocycles. The number of halogens is 4. The minimum atomic E-state index is -1.14. The summed E-state index contributed by atoms with van der Waals surface area (Å²) in [6.07, 6.45) is -0.0289. The quantitative estimate of drug-likeness (QED) is 0.353. The summed E-state index contributed by atoms with van der Waals surface area (Å²) in [6.45, 7) is 0.534. The van der Waals surface area contributed by atoms with Crippen LogP contribution in [0.5, 0.6) is 0 Å². The molecule has 2 fully saturated rings. The van der Waals surface area contributed by atoms with Crippen LogP contribution in [0.4, 0.5) is 17.6 Å². The van der Waals surface area contributed by atoms with Crippen LogP contribution in [-0.4, -0.2) is 76.5 Å². The standard InChI is InChI=1S/C31H24F4N4O5/c32-17-2-5-20(23(34)14-17)27(21-6-3-18(33)15-24(21)35)37-9-11-38(12-10-37)29(42)16-1-4-19-22(13-16)31(44)39(30(19)43)25-7-8-26(40)36-28(25)41/h1-6,13-15,25,27H,7-12H2,(H,36,40,41). The van der Waals surface area contributed by atoms with E-state index >= 15 is 0 Å². The molecule has 226 valence electrons. The number of hydrogen-bond donors (Lipinski definition) is 1. The van der Waals surface area contributed by atoms with Crippen molar-refractivity contribution in [2.75, 3.05) is 26.2 Å². The third-order valence-electron chi connectivity index (χ3n) is 8.17. The van der Waals surface area contributed by atoms with Gasteiger partial charge in [-0.3, -0.25) is 39.1 Å². The second-order valence-electron chi connectivity index (χ2n) is 10.8. The fourth-order valence-electron chi connectivity index (χ4n) is 5.98. The molecule has 9 nitrogen and oxygen atoms in total. The first-order chi connectivity index (χ1) is 21.0. The number of imide groups is 2. The van der Waals surface area contributed by atoms with Crippen molar-refractivity contribution in [1.29, 1.82) is 0 Å². The molecular weight excluding hydrogens is 584 g/mol. The van der Waals surface area contributed by atoms with Gasteiger partial charge in [-0.25, -0.2) is 17.6 Å². The van der Waals surface area contributed by atoms with Crippen molar-refractivity contribution in [1.82, 2.24) is 20.0 Å². The van der Waals surface area contributed by atoms with Crippen LogP contribution in [0.15, 0.2) is 54.6 Å². The number of nitrogens with one attached hydrogen (secondary N) is 1. The highest BCUT2D eigenvalue weighted by molar-refractivity contribution is 6.24. The highest BCUT2D eigenvalue weighted by Gasteiger charge is 2.45. The Labute approximate surface area is 248 Å². The minimum Gasteiger partial charge on any atom is -0.336 e. The molecule has 3 aliphatic heterocycles. The first kappa shape index (κ1) is 29.2. The fourth-order valence-corrected chi connectivity index (χ4v) is 5.98. The molecule has 3 aromatic rings. The number of benzene rings is 3. The highest BCUT2D eigenvalue weighted by Crippen LogP contribution is 2.34. The van der Waals surface area contributed by atoms with Crippen LogP contribution >= 0.6 is 0 Å². The zero-order valence-electron chi connectivity index (χ0n) is 23.0. The second-order valence-corrected chi connectivity index (χ2v) is 10.8. The first-order valence-corrected chi connectivity index (χ1v) is 13.8. The van der Waals surface area contributed by atoms with Crippen LogP contribution in [0, 0.1) is 23.3 Å². The van der Waals surface area contributed by atoms with Crippen molar-refractivity contribution in [3.63, 3.8) is 0 Å². The molecule has 0 bridgehead atoms. The van der Waals surface area contributed by atoms with Crippen molar-refractivity contribution in [3.8, 4) is 0 Å². The molecule has 1 unspecified atom stereocenters. The smallest absolute Gasteiger partial charge is 0.262 e. The van der Waals surface area contributed by atoms with E-state index in [0.29, 0.717) is 12.1 Å². The zero-order valence-corrected chi connectivity index (χ0v) is 23.0. The predicted octanol–water partition coefficient (Wildman–Crippen LogP) is 3.19. The molecule has 3 aliphatic rings. The average Bonchev–Trinajstić information content (AvgIpc) is 3.24. The van der Waals surface area contributed by atoms with E-state index in [0.717, 1.165) is 17.0 Å². The highest BCUT2D eigenvalue weighted by atomic mass is 19.1. The molecule has 44 heavy (non-hydrogen) atoms. The van der Waals surface area contributed by atoms with Gasteiger partial charge in [0.1, 0.15) is 29.3 Å². The van der Waals surface area contributed by atoms with E-state index in [-0.39, 0.29) is 66.8 Å². The van der Waals surface area contributed by atoms with Gasteiger partial charge in [-0.2, -0.15) is 0 Å².